The van der Waals surface area contributed by atoms with Crippen molar-refractivity contribution in [3.05, 3.63) is 0 Å². The molecule has 2 fully saturated rings. The minimum atomic E-state index is -0.0721. The number of piperidine rings is 1. The lowest BCUT2D eigenvalue weighted by Gasteiger charge is -2.35. The molecule has 1 unspecified atom stereocenters. The molecule has 15 heavy (non-hydrogen) atoms. The van der Waals surface area contributed by atoms with Gasteiger partial charge in [0.05, 0.1) is 5.41 Å². The Bertz CT molecular complexity index is 228. The molecule has 2 heterocycles. The number of likely N-dealkylation sites (tertiary alicyclic amines) is 1. The molecule has 3 nitrogen and oxygen atoms in total. The van der Waals surface area contributed by atoms with Gasteiger partial charge in [0.2, 0.25) is 5.91 Å². The molecule has 2 rings (SSSR count). The van der Waals surface area contributed by atoms with Crippen molar-refractivity contribution in [1.29, 1.82) is 0 Å². The van der Waals surface area contributed by atoms with Gasteiger partial charge in [-0.05, 0) is 38.6 Å². The van der Waals surface area contributed by atoms with Crippen molar-refractivity contribution in [1.82, 2.24) is 10.2 Å². The van der Waals surface area contributed by atoms with Gasteiger partial charge in [-0.2, -0.15) is 0 Å². The van der Waals surface area contributed by atoms with Crippen molar-refractivity contribution in [2.24, 2.45) is 5.41 Å². The van der Waals surface area contributed by atoms with Crippen molar-refractivity contribution in [3.63, 3.8) is 0 Å². The van der Waals surface area contributed by atoms with Crippen LogP contribution in [0.2, 0.25) is 0 Å². The zero-order valence-electron chi connectivity index (χ0n) is 9.72. The fraction of sp³-hybridized carbons (Fsp3) is 0.917. The lowest BCUT2D eigenvalue weighted by Crippen LogP contribution is -2.47. The Morgan fingerprint density at radius 1 is 1.33 bits per heavy atom. The molecule has 0 radical (unpaired) electrons. The summed E-state index contributed by atoms with van der Waals surface area (Å²) < 4.78 is 0. The number of carbonyl (C=O) groups excluding carboxylic acids is 1. The van der Waals surface area contributed by atoms with E-state index in [2.05, 4.69) is 17.1 Å². The Morgan fingerprint density at radius 2 is 2.07 bits per heavy atom. The highest BCUT2D eigenvalue weighted by Crippen LogP contribution is 2.32. The van der Waals surface area contributed by atoms with E-state index in [4.69, 9.17) is 0 Å². The van der Waals surface area contributed by atoms with E-state index >= 15 is 0 Å². The number of hydrogen-bond acceptors (Lipinski definition) is 2. The second kappa shape index (κ2) is 4.52. The van der Waals surface area contributed by atoms with Crippen LogP contribution in [0.5, 0.6) is 0 Å². The first-order valence-corrected chi connectivity index (χ1v) is 6.29. The zero-order chi connectivity index (χ0) is 10.7. The minimum Gasteiger partial charge on any atom is -0.342 e. The summed E-state index contributed by atoms with van der Waals surface area (Å²) in [4.78, 5) is 14.5. The molecule has 0 spiro atoms. The molecule has 0 aromatic rings. The fourth-order valence-electron chi connectivity index (χ4n) is 2.81. The molecule has 0 saturated carbocycles. The molecule has 0 aliphatic carbocycles. The standard InChI is InChI=1S/C12H22N2O/c1-2-12(6-7-13-10-12)11(15)14-8-4-3-5-9-14/h13H,2-10H2,1H3. The first-order valence-electron chi connectivity index (χ1n) is 6.29. The maximum atomic E-state index is 12.4. The van der Waals surface area contributed by atoms with E-state index in [9.17, 15) is 4.79 Å². The van der Waals surface area contributed by atoms with Crippen molar-refractivity contribution in [3.8, 4) is 0 Å². The molecule has 1 atom stereocenters. The molecule has 2 aliphatic heterocycles. The average molecular weight is 210 g/mol. The summed E-state index contributed by atoms with van der Waals surface area (Å²) in [6.45, 7) is 6.02. The Kier molecular flexibility index (Phi) is 3.29. The van der Waals surface area contributed by atoms with Gasteiger partial charge in [0.1, 0.15) is 0 Å². The van der Waals surface area contributed by atoms with Gasteiger partial charge in [0, 0.05) is 19.6 Å². The van der Waals surface area contributed by atoms with Crippen LogP contribution < -0.4 is 5.32 Å². The molecule has 86 valence electrons. The summed E-state index contributed by atoms with van der Waals surface area (Å²) in [6.07, 6.45) is 5.69. The molecule has 0 aromatic heterocycles. The van der Waals surface area contributed by atoms with Crippen LogP contribution in [0.4, 0.5) is 0 Å². The van der Waals surface area contributed by atoms with E-state index < -0.39 is 0 Å². The predicted octanol–water partition coefficient (Wildman–Crippen LogP) is 1.39. The number of nitrogens with one attached hydrogen (secondary N) is 1. The van der Waals surface area contributed by atoms with E-state index in [1.54, 1.807) is 0 Å². The molecular weight excluding hydrogens is 188 g/mol. The lowest BCUT2D eigenvalue weighted by molar-refractivity contribution is -0.142. The van der Waals surface area contributed by atoms with Gasteiger partial charge in [-0.15, -0.1) is 0 Å². The third-order valence-corrected chi connectivity index (χ3v) is 4.02. The predicted molar refractivity (Wildman–Crippen MR) is 60.6 cm³/mol. The number of rotatable bonds is 2. The maximum absolute atomic E-state index is 12.4. The quantitative estimate of drug-likeness (QED) is 0.747. The monoisotopic (exact) mass is 210 g/mol. The first-order chi connectivity index (χ1) is 7.28. The summed E-state index contributed by atoms with van der Waals surface area (Å²) >= 11 is 0. The van der Waals surface area contributed by atoms with E-state index in [0.717, 1.165) is 39.0 Å². The second-order valence-electron chi connectivity index (χ2n) is 4.91. The van der Waals surface area contributed by atoms with Crippen LogP contribution in [0, 0.1) is 5.41 Å². The molecule has 2 aliphatic rings. The van der Waals surface area contributed by atoms with Crippen LogP contribution in [0.25, 0.3) is 0 Å². The number of carbonyl (C=O) groups is 1. The maximum Gasteiger partial charge on any atom is 0.230 e. The van der Waals surface area contributed by atoms with Gasteiger partial charge < -0.3 is 10.2 Å². The van der Waals surface area contributed by atoms with E-state index in [-0.39, 0.29) is 5.41 Å². The van der Waals surface area contributed by atoms with Crippen molar-refractivity contribution < 1.29 is 4.79 Å². The summed E-state index contributed by atoms with van der Waals surface area (Å²) in [7, 11) is 0. The van der Waals surface area contributed by atoms with Gasteiger partial charge in [-0.1, -0.05) is 6.92 Å². The Labute approximate surface area is 92.2 Å². The van der Waals surface area contributed by atoms with Gasteiger partial charge in [0.15, 0.2) is 0 Å². The smallest absolute Gasteiger partial charge is 0.230 e. The Hall–Kier alpha value is -0.570. The molecule has 1 N–H and O–H groups in total. The number of amides is 1. The third kappa shape index (κ3) is 2.03. The molecule has 0 aromatic carbocycles. The molecule has 1 amide bonds. The van der Waals surface area contributed by atoms with Crippen molar-refractivity contribution >= 4 is 5.91 Å². The molecule has 3 heteroatoms. The van der Waals surface area contributed by atoms with Gasteiger partial charge in [-0.25, -0.2) is 0 Å². The SMILES string of the molecule is CCC1(C(=O)N2CCCCC2)CCNC1. The largest absolute Gasteiger partial charge is 0.342 e. The third-order valence-electron chi connectivity index (χ3n) is 4.02. The lowest BCUT2D eigenvalue weighted by atomic mass is 9.82. The van der Waals surface area contributed by atoms with Gasteiger partial charge in [0.25, 0.3) is 0 Å². The summed E-state index contributed by atoms with van der Waals surface area (Å²) in [5.74, 6) is 0.412. The highest BCUT2D eigenvalue weighted by Gasteiger charge is 2.41. The minimum absolute atomic E-state index is 0.0721. The van der Waals surface area contributed by atoms with Crippen LogP contribution in [0.15, 0.2) is 0 Å². The van der Waals surface area contributed by atoms with Crippen LogP contribution in [0.3, 0.4) is 0 Å². The van der Waals surface area contributed by atoms with E-state index in [1.807, 2.05) is 0 Å². The second-order valence-corrected chi connectivity index (χ2v) is 4.91. The van der Waals surface area contributed by atoms with E-state index in [0.29, 0.717) is 5.91 Å². The van der Waals surface area contributed by atoms with Crippen LogP contribution in [0.1, 0.15) is 39.0 Å². The van der Waals surface area contributed by atoms with E-state index in [1.165, 1.54) is 19.3 Å². The molecule has 0 bridgehead atoms. The van der Waals surface area contributed by atoms with Crippen LogP contribution >= 0.6 is 0 Å². The summed E-state index contributed by atoms with van der Waals surface area (Å²) in [6, 6.07) is 0. The fourth-order valence-corrected chi connectivity index (χ4v) is 2.81. The zero-order valence-corrected chi connectivity index (χ0v) is 9.72. The average Bonchev–Trinajstić information content (AvgIpc) is 2.79. The van der Waals surface area contributed by atoms with Gasteiger partial charge >= 0.3 is 0 Å². The summed E-state index contributed by atoms with van der Waals surface area (Å²) in [5, 5.41) is 3.34. The normalized spacial score (nSPS) is 31.9. The topological polar surface area (TPSA) is 32.3 Å². The number of nitrogens with zero attached hydrogens (tertiary/aromatic N) is 1. The highest BCUT2D eigenvalue weighted by atomic mass is 16.2. The van der Waals surface area contributed by atoms with Gasteiger partial charge in [-0.3, -0.25) is 4.79 Å². The Morgan fingerprint density at radius 3 is 2.60 bits per heavy atom. The van der Waals surface area contributed by atoms with Crippen molar-refractivity contribution in [2.75, 3.05) is 26.2 Å². The van der Waals surface area contributed by atoms with Crippen LogP contribution in [-0.4, -0.2) is 37.0 Å². The first kappa shape index (κ1) is 10.9. The number of hydrogen-bond donors (Lipinski definition) is 1. The van der Waals surface area contributed by atoms with Crippen LogP contribution in [-0.2, 0) is 4.79 Å². The Balaban J connectivity index is 2.03. The molecule has 2 saturated heterocycles. The highest BCUT2D eigenvalue weighted by molar-refractivity contribution is 5.83. The molecular formula is C12H22N2O. The van der Waals surface area contributed by atoms with Crippen molar-refractivity contribution in [2.45, 2.75) is 39.0 Å². The summed E-state index contributed by atoms with van der Waals surface area (Å²) in [5.41, 5.74) is -0.0721.